The second-order valence-electron chi connectivity index (χ2n) is 4.54. The number of aryl methyl sites for hydroxylation is 2. The molecule has 0 aliphatic carbocycles. The van der Waals surface area contributed by atoms with E-state index < -0.39 is 0 Å². The van der Waals surface area contributed by atoms with Crippen LogP contribution in [0, 0.1) is 19.7 Å². The molecule has 0 spiro atoms. The first-order valence-corrected chi connectivity index (χ1v) is 6.15. The minimum atomic E-state index is -0.201. The average molecular weight is 247 g/mol. The summed E-state index contributed by atoms with van der Waals surface area (Å²) in [4.78, 5) is 0. The van der Waals surface area contributed by atoms with Gasteiger partial charge in [-0.15, -0.1) is 0 Å². The molecule has 0 radical (unpaired) electrons. The van der Waals surface area contributed by atoms with E-state index in [0.717, 1.165) is 29.0 Å². The summed E-state index contributed by atoms with van der Waals surface area (Å²) >= 11 is 0. The van der Waals surface area contributed by atoms with Gasteiger partial charge in [0.2, 0.25) is 0 Å². The van der Waals surface area contributed by atoms with Crippen molar-refractivity contribution in [3.05, 3.63) is 58.8 Å². The van der Waals surface area contributed by atoms with E-state index in [9.17, 15) is 4.39 Å². The molecule has 0 amide bonds. The Morgan fingerprint density at radius 3 is 2.50 bits per heavy atom. The molecule has 2 nitrogen and oxygen atoms in total. The summed E-state index contributed by atoms with van der Waals surface area (Å²) in [6.07, 6.45) is 1.73. The highest BCUT2D eigenvalue weighted by Gasteiger charge is 2.16. The number of nitrogens with one attached hydrogen (secondary N) is 1. The number of hydrogen-bond acceptors (Lipinski definition) is 2. The van der Waals surface area contributed by atoms with E-state index >= 15 is 0 Å². The van der Waals surface area contributed by atoms with Gasteiger partial charge in [-0.3, -0.25) is 0 Å². The Balaban J connectivity index is 2.40. The van der Waals surface area contributed by atoms with Gasteiger partial charge in [-0.2, -0.15) is 0 Å². The lowest BCUT2D eigenvalue weighted by molar-refractivity contribution is 0.525. The van der Waals surface area contributed by atoms with E-state index in [2.05, 4.69) is 5.32 Å². The van der Waals surface area contributed by atoms with E-state index in [-0.39, 0.29) is 11.9 Å². The number of rotatable bonds is 4. The predicted molar refractivity (Wildman–Crippen MR) is 70.1 cm³/mol. The minimum absolute atomic E-state index is 0.0261. The van der Waals surface area contributed by atoms with Gasteiger partial charge < -0.3 is 9.73 Å². The lowest BCUT2D eigenvalue weighted by Crippen LogP contribution is -2.21. The molecule has 1 heterocycles. The van der Waals surface area contributed by atoms with Crippen LogP contribution in [0.15, 0.2) is 34.9 Å². The van der Waals surface area contributed by atoms with Gasteiger partial charge in [-0.25, -0.2) is 4.39 Å². The average Bonchev–Trinajstić information content (AvgIpc) is 2.71. The fraction of sp³-hybridized carbons (Fsp3) is 0.333. The summed E-state index contributed by atoms with van der Waals surface area (Å²) in [6.45, 7) is 6.65. The summed E-state index contributed by atoms with van der Waals surface area (Å²) in [5.74, 6) is 0.661. The molecule has 1 aromatic heterocycles. The van der Waals surface area contributed by atoms with Crippen molar-refractivity contribution in [1.29, 1.82) is 0 Å². The van der Waals surface area contributed by atoms with E-state index in [1.807, 2.05) is 32.9 Å². The van der Waals surface area contributed by atoms with Gasteiger partial charge in [0.05, 0.1) is 12.3 Å². The van der Waals surface area contributed by atoms with Gasteiger partial charge in [-0.05, 0) is 49.7 Å². The highest BCUT2D eigenvalue weighted by molar-refractivity contribution is 5.33. The Labute approximate surface area is 107 Å². The quantitative estimate of drug-likeness (QED) is 0.890. The summed E-state index contributed by atoms with van der Waals surface area (Å²) in [5, 5.41) is 3.36. The molecule has 96 valence electrons. The summed E-state index contributed by atoms with van der Waals surface area (Å²) in [5.41, 5.74) is 2.88. The standard InChI is InChI=1S/C15H18FNO/c1-4-17-15(13-7-11(3)18-9-13)12-5-10(2)6-14(16)8-12/h5-9,15,17H,4H2,1-3H3. The first kappa shape index (κ1) is 12.8. The normalized spacial score (nSPS) is 12.7. The van der Waals surface area contributed by atoms with Crippen molar-refractivity contribution in [1.82, 2.24) is 5.32 Å². The third-order valence-electron chi connectivity index (χ3n) is 2.89. The molecular formula is C15H18FNO. The number of benzene rings is 1. The van der Waals surface area contributed by atoms with Crippen LogP contribution in [0.5, 0.6) is 0 Å². The van der Waals surface area contributed by atoms with Crippen LogP contribution in [0.1, 0.15) is 35.4 Å². The van der Waals surface area contributed by atoms with Gasteiger partial charge >= 0.3 is 0 Å². The lowest BCUT2D eigenvalue weighted by atomic mass is 9.99. The zero-order valence-corrected chi connectivity index (χ0v) is 11.0. The highest BCUT2D eigenvalue weighted by Crippen LogP contribution is 2.25. The van der Waals surface area contributed by atoms with E-state index in [1.54, 1.807) is 12.3 Å². The Morgan fingerprint density at radius 2 is 1.94 bits per heavy atom. The van der Waals surface area contributed by atoms with Gasteiger partial charge in [0.1, 0.15) is 11.6 Å². The van der Waals surface area contributed by atoms with E-state index in [1.165, 1.54) is 6.07 Å². The van der Waals surface area contributed by atoms with Crippen molar-refractivity contribution in [3.8, 4) is 0 Å². The first-order valence-electron chi connectivity index (χ1n) is 6.15. The van der Waals surface area contributed by atoms with Crippen molar-refractivity contribution in [2.45, 2.75) is 26.8 Å². The molecule has 1 atom stereocenters. The predicted octanol–water partition coefficient (Wildman–Crippen LogP) is 3.73. The molecule has 0 saturated heterocycles. The zero-order valence-electron chi connectivity index (χ0n) is 11.0. The number of halogens is 1. The van der Waals surface area contributed by atoms with Crippen molar-refractivity contribution in [3.63, 3.8) is 0 Å². The maximum absolute atomic E-state index is 13.5. The molecule has 18 heavy (non-hydrogen) atoms. The topological polar surface area (TPSA) is 25.2 Å². The molecule has 0 saturated carbocycles. The van der Waals surface area contributed by atoms with Crippen LogP contribution in [0.2, 0.25) is 0 Å². The molecule has 2 rings (SSSR count). The Hall–Kier alpha value is -1.61. The lowest BCUT2D eigenvalue weighted by Gasteiger charge is -2.17. The van der Waals surface area contributed by atoms with Gasteiger partial charge in [0, 0.05) is 5.56 Å². The summed E-state index contributed by atoms with van der Waals surface area (Å²) in [6, 6.07) is 7.06. The number of furan rings is 1. The Bertz CT molecular complexity index is 513. The molecular weight excluding hydrogens is 229 g/mol. The molecule has 1 N–H and O–H groups in total. The molecule has 2 aromatic rings. The highest BCUT2D eigenvalue weighted by atomic mass is 19.1. The van der Waals surface area contributed by atoms with E-state index in [4.69, 9.17) is 4.42 Å². The molecule has 0 aliphatic rings. The fourth-order valence-electron chi connectivity index (χ4n) is 2.18. The van der Waals surface area contributed by atoms with Gasteiger partial charge in [0.15, 0.2) is 0 Å². The maximum Gasteiger partial charge on any atom is 0.123 e. The first-order chi connectivity index (χ1) is 8.60. The zero-order chi connectivity index (χ0) is 13.1. The largest absolute Gasteiger partial charge is 0.469 e. The molecule has 0 aliphatic heterocycles. The van der Waals surface area contributed by atoms with Crippen LogP contribution in [-0.4, -0.2) is 6.54 Å². The molecule has 3 heteroatoms. The smallest absolute Gasteiger partial charge is 0.123 e. The van der Waals surface area contributed by atoms with E-state index in [0.29, 0.717) is 0 Å². The van der Waals surface area contributed by atoms with Crippen LogP contribution in [0.3, 0.4) is 0 Å². The van der Waals surface area contributed by atoms with Gasteiger partial charge in [-0.1, -0.05) is 13.0 Å². The monoisotopic (exact) mass is 247 g/mol. The summed E-state index contributed by atoms with van der Waals surface area (Å²) in [7, 11) is 0. The van der Waals surface area contributed by atoms with Crippen LogP contribution in [-0.2, 0) is 0 Å². The Morgan fingerprint density at radius 1 is 1.17 bits per heavy atom. The van der Waals surface area contributed by atoms with Crippen LogP contribution in [0.4, 0.5) is 4.39 Å². The maximum atomic E-state index is 13.5. The van der Waals surface area contributed by atoms with Crippen molar-refractivity contribution in [2.75, 3.05) is 6.54 Å². The fourth-order valence-corrected chi connectivity index (χ4v) is 2.18. The summed E-state index contributed by atoms with van der Waals surface area (Å²) < 4.78 is 18.8. The SMILES string of the molecule is CCNC(c1cc(C)cc(F)c1)c1coc(C)c1. The van der Waals surface area contributed by atoms with Crippen molar-refractivity contribution < 1.29 is 8.81 Å². The Kier molecular flexibility index (Phi) is 3.82. The number of hydrogen-bond donors (Lipinski definition) is 1. The van der Waals surface area contributed by atoms with Gasteiger partial charge in [0.25, 0.3) is 0 Å². The third kappa shape index (κ3) is 2.79. The second-order valence-corrected chi connectivity index (χ2v) is 4.54. The molecule has 1 aromatic carbocycles. The van der Waals surface area contributed by atoms with Crippen LogP contribution >= 0.6 is 0 Å². The minimum Gasteiger partial charge on any atom is -0.469 e. The van der Waals surface area contributed by atoms with Crippen molar-refractivity contribution in [2.24, 2.45) is 0 Å². The molecule has 0 bridgehead atoms. The van der Waals surface area contributed by atoms with Crippen LogP contribution in [0.25, 0.3) is 0 Å². The van der Waals surface area contributed by atoms with Crippen molar-refractivity contribution >= 4 is 0 Å². The third-order valence-corrected chi connectivity index (χ3v) is 2.89. The second kappa shape index (κ2) is 5.36. The molecule has 1 unspecified atom stereocenters. The molecule has 0 fully saturated rings. The van der Waals surface area contributed by atoms with Crippen LogP contribution < -0.4 is 5.32 Å².